The molecule has 0 fully saturated rings. The molecule has 1 aliphatic rings. The van der Waals surface area contributed by atoms with E-state index in [0.717, 1.165) is 23.0 Å². The van der Waals surface area contributed by atoms with Crippen LogP contribution in [-0.2, 0) is 11.2 Å². The highest BCUT2D eigenvalue weighted by Crippen LogP contribution is 2.34. The molecule has 4 heteroatoms. The SMILES string of the molecule is CN(CC(=O)Nc1cccc(Br)c1)[C@H]1CCc2ccccc21. The van der Waals surface area contributed by atoms with E-state index in [0.29, 0.717) is 12.6 Å². The third kappa shape index (κ3) is 3.39. The molecule has 2 aromatic rings. The summed E-state index contributed by atoms with van der Waals surface area (Å²) in [4.78, 5) is 14.4. The van der Waals surface area contributed by atoms with Crippen molar-refractivity contribution in [2.24, 2.45) is 0 Å². The summed E-state index contributed by atoms with van der Waals surface area (Å²) in [6.07, 6.45) is 2.18. The first-order valence-electron chi connectivity index (χ1n) is 7.47. The fourth-order valence-electron chi connectivity index (χ4n) is 3.10. The molecule has 0 saturated carbocycles. The molecule has 3 rings (SSSR count). The average molecular weight is 359 g/mol. The Labute approximate surface area is 139 Å². The van der Waals surface area contributed by atoms with Crippen LogP contribution in [0, 0.1) is 0 Å². The number of rotatable bonds is 4. The monoisotopic (exact) mass is 358 g/mol. The summed E-state index contributed by atoms with van der Waals surface area (Å²) in [6, 6.07) is 16.5. The first kappa shape index (κ1) is 15.3. The van der Waals surface area contributed by atoms with Crippen LogP contribution in [0.4, 0.5) is 5.69 Å². The quantitative estimate of drug-likeness (QED) is 0.895. The zero-order valence-electron chi connectivity index (χ0n) is 12.6. The van der Waals surface area contributed by atoms with Crippen LogP contribution in [0.15, 0.2) is 53.0 Å². The molecule has 0 saturated heterocycles. The van der Waals surface area contributed by atoms with Gasteiger partial charge >= 0.3 is 0 Å². The number of benzene rings is 2. The van der Waals surface area contributed by atoms with E-state index < -0.39 is 0 Å². The minimum Gasteiger partial charge on any atom is -0.325 e. The summed E-state index contributed by atoms with van der Waals surface area (Å²) in [7, 11) is 2.02. The number of carbonyl (C=O) groups excluding carboxylic acids is 1. The van der Waals surface area contributed by atoms with Gasteiger partial charge < -0.3 is 5.32 Å². The third-order valence-corrected chi connectivity index (χ3v) is 4.63. The van der Waals surface area contributed by atoms with E-state index in [1.54, 1.807) is 0 Å². The van der Waals surface area contributed by atoms with Gasteiger partial charge in [0, 0.05) is 16.2 Å². The Morgan fingerprint density at radius 2 is 2.09 bits per heavy atom. The molecule has 1 aliphatic carbocycles. The van der Waals surface area contributed by atoms with Crippen molar-refractivity contribution in [1.29, 1.82) is 0 Å². The van der Waals surface area contributed by atoms with Crippen molar-refractivity contribution < 1.29 is 4.79 Å². The molecule has 0 aliphatic heterocycles. The van der Waals surface area contributed by atoms with E-state index in [1.807, 2.05) is 31.3 Å². The number of nitrogens with one attached hydrogen (secondary N) is 1. The van der Waals surface area contributed by atoms with Gasteiger partial charge in [-0.25, -0.2) is 0 Å². The van der Waals surface area contributed by atoms with Gasteiger partial charge in [-0.05, 0) is 49.2 Å². The predicted octanol–water partition coefficient (Wildman–Crippen LogP) is 4.01. The number of nitrogens with zero attached hydrogens (tertiary/aromatic N) is 1. The van der Waals surface area contributed by atoms with Gasteiger partial charge in [-0.1, -0.05) is 46.3 Å². The summed E-state index contributed by atoms with van der Waals surface area (Å²) >= 11 is 3.41. The van der Waals surface area contributed by atoms with Crippen molar-refractivity contribution in [2.45, 2.75) is 18.9 Å². The highest BCUT2D eigenvalue weighted by molar-refractivity contribution is 9.10. The fraction of sp³-hybridized carbons (Fsp3) is 0.278. The molecule has 0 heterocycles. The maximum Gasteiger partial charge on any atom is 0.238 e. The molecule has 1 amide bonds. The Kier molecular flexibility index (Phi) is 4.60. The molecule has 1 N–H and O–H groups in total. The molecule has 0 aromatic heterocycles. The highest BCUT2D eigenvalue weighted by atomic mass is 79.9. The maximum absolute atomic E-state index is 12.2. The summed E-state index contributed by atoms with van der Waals surface area (Å²) in [5.74, 6) is 0.0185. The van der Waals surface area contributed by atoms with Gasteiger partial charge in [0.15, 0.2) is 0 Å². The first-order chi connectivity index (χ1) is 10.6. The number of aryl methyl sites for hydroxylation is 1. The summed E-state index contributed by atoms with van der Waals surface area (Å²) in [5.41, 5.74) is 3.59. The second kappa shape index (κ2) is 6.63. The molecule has 0 spiro atoms. The molecule has 22 heavy (non-hydrogen) atoms. The molecular formula is C18H19BrN2O. The van der Waals surface area contributed by atoms with E-state index in [1.165, 1.54) is 11.1 Å². The molecule has 1 atom stereocenters. The highest BCUT2D eigenvalue weighted by Gasteiger charge is 2.26. The molecule has 2 aromatic carbocycles. The minimum absolute atomic E-state index is 0.0185. The molecule has 0 bridgehead atoms. The third-order valence-electron chi connectivity index (χ3n) is 4.13. The topological polar surface area (TPSA) is 32.3 Å². The predicted molar refractivity (Wildman–Crippen MR) is 92.9 cm³/mol. The number of halogens is 1. The Hall–Kier alpha value is -1.65. The molecule has 0 unspecified atom stereocenters. The van der Waals surface area contributed by atoms with Crippen LogP contribution in [-0.4, -0.2) is 24.4 Å². The van der Waals surface area contributed by atoms with E-state index in [9.17, 15) is 4.79 Å². The normalized spacial score (nSPS) is 16.6. The van der Waals surface area contributed by atoms with E-state index in [4.69, 9.17) is 0 Å². The Bertz CT molecular complexity index is 686. The van der Waals surface area contributed by atoms with Crippen molar-refractivity contribution in [2.75, 3.05) is 18.9 Å². The lowest BCUT2D eigenvalue weighted by Crippen LogP contribution is -2.32. The van der Waals surface area contributed by atoms with Crippen LogP contribution in [0.25, 0.3) is 0 Å². The molecular weight excluding hydrogens is 340 g/mol. The smallest absolute Gasteiger partial charge is 0.238 e. The lowest BCUT2D eigenvalue weighted by Gasteiger charge is -2.24. The van der Waals surface area contributed by atoms with Crippen molar-refractivity contribution in [3.05, 3.63) is 64.1 Å². The van der Waals surface area contributed by atoms with Gasteiger partial charge in [-0.3, -0.25) is 9.69 Å². The zero-order valence-corrected chi connectivity index (χ0v) is 14.1. The van der Waals surface area contributed by atoms with Gasteiger partial charge in [0.2, 0.25) is 5.91 Å². The molecule has 0 radical (unpaired) electrons. The van der Waals surface area contributed by atoms with Gasteiger partial charge in [-0.2, -0.15) is 0 Å². The summed E-state index contributed by atoms with van der Waals surface area (Å²) in [5, 5.41) is 2.95. The van der Waals surface area contributed by atoms with Crippen LogP contribution in [0.2, 0.25) is 0 Å². The largest absolute Gasteiger partial charge is 0.325 e. The van der Waals surface area contributed by atoms with Crippen molar-refractivity contribution in [1.82, 2.24) is 4.90 Å². The van der Waals surface area contributed by atoms with Crippen molar-refractivity contribution in [3.8, 4) is 0 Å². The average Bonchev–Trinajstić information content (AvgIpc) is 2.91. The molecule has 114 valence electrons. The van der Waals surface area contributed by atoms with Crippen LogP contribution in [0.3, 0.4) is 0 Å². The number of anilines is 1. The standard InChI is InChI=1S/C18H19BrN2O/c1-21(17-10-9-13-5-2-3-8-16(13)17)12-18(22)20-15-7-4-6-14(19)11-15/h2-8,11,17H,9-10,12H2,1H3,(H,20,22)/t17-/m0/s1. The van der Waals surface area contributed by atoms with E-state index >= 15 is 0 Å². The van der Waals surface area contributed by atoms with E-state index in [2.05, 4.69) is 50.4 Å². The minimum atomic E-state index is 0.0185. The van der Waals surface area contributed by atoms with Gasteiger partial charge in [0.1, 0.15) is 0 Å². The number of fused-ring (bicyclic) bond motifs is 1. The van der Waals surface area contributed by atoms with Gasteiger partial charge in [0.05, 0.1) is 6.54 Å². The summed E-state index contributed by atoms with van der Waals surface area (Å²) in [6.45, 7) is 0.394. The van der Waals surface area contributed by atoms with E-state index in [-0.39, 0.29) is 5.91 Å². The lowest BCUT2D eigenvalue weighted by molar-refractivity contribution is -0.117. The Morgan fingerprint density at radius 3 is 2.91 bits per heavy atom. The second-order valence-corrected chi connectivity index (χ2v) is 6.64. The van der Waals surface area contributed by atoms with Gasteiger partial charge in [0.25, 0.3) is 0 Å². The first-order valence-corrected chi connectivity index (χ1v) is 8.26. The van der Waals surface area contributed by atoms with Crippen LogP contribution >= 0.6 is 15.9 Å². The number of amides is 1. The number of hydrogen-bond donors (Lipinski definition) is 1. The van der Waals surface area contributed by atoms with Crippen LogP contribution in [0.1, 0.15) is 23.6 Å². The number of hydrogen-bond acceptors (Lipinski definition) is 2. The number of carbonyl (C=O) groups is 1. The summed E-state index contributed by atoms with van der Waals surface area (Å²) < 4.78 is 0.961. The number of likely N-dealkylation sites (N-methyl/N-ethyl adjacent to an activating group) is 1. The zero-order chi connectivity index (χ0) is 15.5. The van der Waals surface area contributed by atoms with Crippen LogP contribution < -0.4 is 5.32 Å². The lowest BCUT2D eigenvalue weighted by atomic mass is 10.1. The Balaban J connectivity index is 1.62. The van der Waals surface area contributed by atoms with Gasteiger partial charge in [-0.15, -0.1) is 0 Å². The Morgan fingerprint density at radius 1 is 1.27 bits per heavy atom. The molecule has 3 nitrogen and oxygen atoms in total. The van der Waals surface area contributed by atoms with Crippen LogP contribution in [0.5, 0.6) is 0 Å². The fourth-order valence-corrected chi connectivity index (χ4v) is 3.50. The maximum atomic E-state index is 12.2. The van der Waals surface area contributed by atoms with Crippen molar-refractivity contribution in [3.63, 3.8) is 0 Å². The van der Waals surface area contributed by atoms with Crippen molar-refractivity contribution >= 4 is 27.5 Å². The second-order valence-electron chi connectivity index (χ2n) is 5.73.